The van der Waals surface area contributed by atoms with E-state index in [1.807, 2.05) is 6.07 Å². The van der Waals surface area contributed by atoms with Crippen molar-refractivity contribution in [2.24, 2.45) is 0 Å². The zero-order valence-electron chi connectivity index (χ0n) is 10.0. The average molecular weight is 297 g/mol. The molecule has 2 aromatic carbocycles. The third kappa shape index (κ3) is 3.03. The molecule has 102 valence electrons. The molecule has 2 nitrogen and oxygen atoms in total. The SMILES string of the molecule is N#Cc1ccc(Nc2ccccc2C(F)(F)F)cc1Cl. The second-order valence-electron chi connectivity index (χ2n) is 3.97. The Morgan fingerprint density at radius 1 is 1.10 bits per heavy atom. The molecular weight excluding hydrogens is 289 g/mol. The third-order valence-electron chi connectivity index (χ3n) is 2.60. The summed E-state index contributed by atoms with van der Waals surface area (Å²) in [5.41, 5.74) is -0.187. The first-order valence-electron chi connectivity index (χ1n) is 5.54. The van der Waals surface area contributed by atoms with E-state index in [9.17, 15) is 13.2 Å². The molecule has 0 heterocycles. The first-order valence-corrected chi connectivity index (χ1v) is 5.92. The van der Waals surface area contributed by atoms with Gasteiger partial charge in [0, 0.05) is 5.69 Å². The fourth-order valence-corrected chi connectivity index (χ4v) is 1.90. The molecule has 0 saturated carbocycles. The van der Waals surface area contributed by atoms with Crippen molar-refractivity contribution in [1.82, 2.24) is 0 Å². The molecule has 0 aromatic heterocycles. The molecule has 0 unspecified atom stereocenters. The van der Waals surface area contributed by atoms with Crippen LogP contribution in [0.4, 0.5) is 24.5 Å². The number of nitrogens with one attached hydrogen (secondary N) is 1. The number of nitriles is 1. The maximum absolute atomic E-state index is 12.8. The summed E-state index contributed by atoms with van der Waals surface area (Å²) >= 11 is 5.84. The van der Waals surface area contributed by atoms with Crippen LogP contribution in [0.2, 0.25) is 5.02 Å². The minimum atomic E-state index is -4.44. The highest BCUT2D eigenvalue weighted by molar-refractivity contribution is 6.32. The monoisotopic (exact) mass is 296 g/mol. The summed E-state index contributed by atoms with van der Waals surface area (Å²) in [5.74, 6) is 0. The van der Waals surface area contributed by atoms with Gasteiger partial charge in [-0.25, -0.2) is 0 Å². The van der Waals surface area contributed by atoms with Crippen molar-refractivity contribution < 1.29 is 13.2 Å². The Labute approximate surface area is 118 Å². The molecule has 0 spiro atoms. The number of hydrogen-bond acceptors (Lipinski definition) is 2. The molecule has 20 heavy (non-hydrogen) atoms. The standard InChI is InChI=1S/C14H8ClF3N2/c15-12-7-10(6-5-9(12)8-19)20-13-4-2-1-3-11(13)14(16,17)18/h1-7,20H. The van der Waals surface area contributed by atoms with E-state index in [4.69, 9.17) is 16.9 Å². The molecule has 0 aliphatic rings. The molecule has 0 amide bonds. The van der Waals surface area contributed by atoms with Gasteiger partial charge >= 0.3 is 6.18 Å². The molecule has 1 N–H and O–H groups in total. The van der Waals surface area contributed by atoms with Gasteiger partial charge < -0.3 is 5.32 Å². The second kappa shape index (κ2) is 5.43. The lowest BCUT2D eigenvalue weighted by molar-refractivity contribution is -0.136. The van der Waals surface area contributed by atoms with Gasteiger partial charge in [-0.05, 0) is 30.3 Å². The zero-order valence-corrected chi connectivity index (χ0v) is 10.8. The number of nitrogens with zero attached hydrogens (tertiary/aromatic N) is 1. The first kappa shape index (κ1) is 14.2. The Hall–Kier alpha value is -2.19. The molecule has 6 heteroatoms. The maximum atomic E-state index is 12.8. The van der Waals surface area contributed by atoms with Crippen molar-refractivity contribution in [3.8, 4) is 6.07 Å². The minimum Gasteiger partial charge on any atom is -0.355 e. The molecule has 0 aliphatic carbocycles. The summed E-state index contributed by atoms with van der Waals surface area (Å²) < 4.78 is 38.5. The van der Waals surface area contributed by atoms with E-state index in [-0.39, 0.29) is 16.3 Å². The summed E-state index contributed by atoms with van der Waals surface area (Å²) in [5, 5.41) is 11.6. The zero-order chi connectivity index (χ0) is 14.8. The highest BCUT2D eigenvalue weighted by Crippen LogP contribution is 2.36. The third-order valence-corrected chi connectivity index (χ3v) is 2.91. The molecule has 2 rings (SSSR count). The molecule has 0 bridgehead atoms. The van der Waals surface area contributed by atoms with Crippen molar-refractivity contribution in [3.05, 3.63) is 58.6 Å². The summed E-state index contributed by atoms with van der Waals surface area (Å²) in [6.45, 7) is 0. The van der Waals surface area contributed by atoms with Gasteiger partial charge in [-0.15, -0.1) is 0 Å². The van der Waals surface area contributed by atoms with E-state index in [2.05, 4.69) is 5.32 Å². The summed E-state index contributed by atoms with van der Waals surface area (Å²) in [6, 6.07) is 11.4. The average Bonchev–Trinajstić information content (AvgIpc) is 2.38. The minimum absolute atomic E-state index is 0.0687. The largest absolute Gasteiger partial charge is 0.418 e. The van der Waals surface area contributed by atoms with Crippen LogP contribution in [0.25, 0.3) is 0 Å². The van der Waals surface area contributed by atoms with Gasteiger partial charge in [-0.3, -0.25) is 0 Å². The fraction of sp³-hybridized carbons (Fsp3) is 0.0714. The first-order chi connectivity index (χ1) is 9.41. The molecule has 0 radical (unpaired) electrons. The van der Waals surface area contributed by atoms with Crippen molar-refractivity contribution in [1.29, 1.82) is 5.26 Å². The number of rotatable bonds is 2. The van der Waals surface area contributed by atoms with Gasteiger partial charge in [0.1, 0.15) is 6.07 Å². The highest BCUT2D eigenvalue weighted by Gasteiger charge is 2.33. The van der Waals surface area contributed by atoms with E-state index in [1.165, 1.54) is 36.4 Å². The normalized spacial score (nSPS) is 10.9. The Morgan fingerprint density at radius 3 is 2.40 bits per heavy atom. The number of halogens is 4. The van der Waals surface area contributed by atoms with Crippen LogP contribution in [0.5, 0.6) is 0 Å². The lowest BCUT2D eigenvalue weighted by Gasteiger charge is -2.14. The van der Waals surface area contributed by atoms with Crippen LogP contribution in [-0.2, 0) is 6.18 Å². The van der Waals surface area contributed by atoms with Crippen LogP contribution in [0.1, 0.15) is 11.1 Å². The summed E-state index contributed by atoms with van der Waals surface area (Å²) in [4.78, 5) is 0. The van der Waals surface area contributed by atoms with Gasteiger partial charge in [0.15, 0.2) is 0 Å². The Balaban J connectivity index is 2.36. The van der Waals surface area contributed by atoms with Gasteiger partial charge in [0.05, 0.1) is 21.8 Å². The number of benzene rings is 2. The van der Waals surface area contributed by atoms with E-state index >= 15 is 0 Å². The Morgan fingerprint density at radius 2 is 1.80 bits per heavy atom. The van der Waals surface area contributed by atoms with Crippen LogP contribution >= 0.6 is 11.6 Å². The highest BCUT2D eigenvalue weighted by atomic mass is 35.5. The van der Waals surface area contributed by atoms with Gasteiger partial charge in [-0.1, -0.05) is 23.7 Å². The van der Waals surface area contributed by atoms with E-state index in [0.29, 0.717) is 5.69 Å². The van der Waals surface area contributed by atoms with Crippen LogP contribution < -0.4 is 5.32 Å². The maximum Gasteiger partial charge on any atom is 0.418 e. The number of hydrogen-bond donors (Lipinski definition) is 1. The Kier molecular flexibility index (Phi) is 3.86. The summed E-state index contributed by atoms with van der Waals surface area (Å²) in [7, 11) is 0. The lowest BCUT2D eigenvalue weighted by atomic mass is 10.1. The van der Waals surface area contributed by atoms with Gasteiger partial charge in [0.25, 0.3) is 0 Å². The Bertz CT molecular complexity index is 675. The van der Waals surface area contributed by atoms with Gasteiger partial charge in [0.2, 0.25) is 0 Å². The molecule has 0 fully saturated rings. The van der Waals surface area contributed by atoms with Crippen LogP contribution in [0.3, 0.4) is 0 Å². The smallest absolute Gasteiger partial charge is 0.355 e. The second-order valence-corrected chi connectivity index (χ2v) is 4.38. The van der Waals surface area contributed by atoms with Crippen LogP contribution in [-0.4, -0.2) is 0 Å². The van der Waals surface area contributed by atoms with Crippen LogP contribution in [0, 0.1) is 11.3 Å². The van der Waals surface area contributed by atoms with Crippen molar-refractivity contribution >= 4 is 23.0 Å². The van der Waals surface area contributed by atoms with Crippen LogP contribution in [0.15, 0.2) is 42.5 Å². The number of alkyl halides is 3. The fourth-order valence-electron chi connectivity index (χ4n) is 1.68. The quantitative estimate of drug-likeness (QED) is 0.849. The predicted octanol–water partition coefficient (Wildman–Crippen LogP) is 4.97. The van der Waals surface area contributed by atoms with E-state index in [1.54, 1.807) is 0 Å². The molecule has 0 atom stereocenters. The van der Waals surface area contributed by atoms with E-state index in [0.717, 1.165) is 6.07 Å². The van der Waals surface area contributed by atoms with Gasteiger partial charge in [-0.2, -0.15) is 18.4 Å². The number of para-hydroxylation sites is 1. The topological polar surface area (TPSA) is 35.8 Å². The van der Waals surface area contributed by atoms with Crippen molar-refractivity contribution in [3.63, 3.8) is 0 Å². The van der Waals surface area contributed by atoms with Crippen molar-refractivity contribution in [2.75, 3.05) is 5.32 Å². The number of anilines is 2. The predicted molar refractivity (Wildman–Crippen MR) is 70.9 cm³/mol. The lowest BCUT2D eigenvalue weighted by Crippen LogP contribution is -2.08. The molecular formula is C14H8ClF3N2. The molecule has 0 aliphatic heterocycles. The molecule has 0 saturated heterocycles. The van der Waals surface area contributed by atoms with Crippen molar-refractivity contribution in [2.45, 2.75) is 6.18 Å². The summed E-state index contributed by atoms with van der Waals surface area (Å²) in [6.07, 6.45) is -4.44. The molecule has 2 aromatic rings. The van der Waals surface area contributed by atoms with E-state index < -0.39 is 11.7 Å².